The van der Waals surface area contributed by atoms with Crippen LogP contribution in [0.5, 0.6) is 5.75 Å². The van der Waals surface area contributed by atoms with Crippen molar-refractivity contribution in [2.45, 2.75) is 23.1 Å². The second kappa shape index (κ2) is 12.3. The molecule has 0 saturated heterocycles. The topological polar surface area (TPSA) is 92.6 Å². The molecule has 5 rings (SSSR count). The van der Waals surface area contributed by atoms with Crippen LogP contribution in [0.2, 0.25) is 0 Å². The number of thioether (sulfide) groups is 1. The van der Waals surface area contributed by atoms with Crippen LogP contribution in [0.1, 0.15) is 29.7 Å². The van der Waals surface area contributed by atoms with Gasteiger partial charge in [0.1, 0.15) is 11.6 Å². The van der Waals surface area contributed by atoms with E-state index in [0.717, 1.165) is 11.1 Å². The van der Waals surface area contributed by atoms with Gasteiger partial charge in [0, 0.05) is 5.75 Å². The number of carbonyl (C=O) groups excluding carboxylic acids is 2. The standard InChI is InChI=1S/C30H24FN3O4S2/c1-2-38-23-15-11-21(12-16-23)26-25(24(35)17-10-19-6-4-3-5-7-19)27(36)28(37)34(26)29-32-33-30(40-29)39-18-20-8-13-22(31)14-9-20/h3-17,26,36H,2,18H2,1H3. The fourth-order valence-electron chi connectivity index (χ4n) is 4.19. The molecule has 0 aliphatic carbocycles. The second-order valence-electron chi connectivity index (χ2n) is 8.72. The highest BCUT2D eigenvalue weighted by molar-refractivity contribution is 8.00. The van der Waals surface area contributed by atoms with Gasteiger partial charge in [0.15, 0.2) is 15.9 Å². The van der Waals surface area contributed by atoms with Crippen molar-refractivity contribution in [2.75, 3.05) is 11.5 Å². The van der Waals surface area contributed by atoms with Gasteiger partial charge in [-0.15, -0.1) is 10.2 Å². The number of rotatable bonds is 10. The normalized spacial score (nSPS) is 15.3. The van der Waals surface area contributed by atoms with Crippen LogP contribution in [-0.4, -0.2) is 33.6 Å². The summed E-state index contributed by atoms with van der Waals surface area (Å²) in [6.07, 6.45) is 2.99. The summed E-state index contributed by atoms with van der Waals surface area (Å²) < 4.78 is 19.4. The Labute approximate surface area is 238 Å². The van der Waals surface area contributed by atoms with Gasteiger partial charge in [-0.25, -0.2) is 4.39 Å². The Bertz CT molecular complexity index is 1570. The lowest BCUT2D eigenvalue weighted by molar-refractivity contribution is -0.117. The molecule has 0 fully saturated rings. The number of hydrogen-bond acceptors (Lipinski definition) is 8. The minimum Gasteiger partial charge on any atom is -0.503 e. The zero-order chi connectivity index (χ0) is 28.1. The maximum Gasteiger partial charge on any atom is 0.296 e. The third kappa shape index (κ3) is 5.98. The van der Waals surface area contributed by atoms with Gasteiger partial charge in [-0.05, 0) is 54.0 Å². The van der Waals surface area contributed by atoms with E-state index in [-0.39, 0.29) is 16.5 Å². The summed E-state index contributed by atoms with van der Waals surface area (Å²) in [5.74, 6) is -0.994. The summed E-state index contributed by atoms with van der Waals surface area (Å²) in [6.45, 7) is 2.37. The third-order valence-corrected chi connectivity index (χ3v) is 8.21. The highest BCUT2D eigenvalue weighted by Gasteiger charge is 2.45. The molecule has 1 unspecified atom stereocenters. The molecule has 1 atom stereocenters. The molecule has 1 aromatic heterocycles. The largest absolute Gasteiger partial charge is 0.503 e. The molecule has 40 heavy (non-hydrogen) atoms. The lowest BCUT2D eigenvalue weighted by atomic mass is 9.95. The van der Waals surface area contributed by atoms with E-state index in [1.165, 1.54) is 46.2 Å². The maximum absolute atomic E-state index is 13.4. The minimum atomic E-state index is -0.918. The number of amides is 1. The highest BCUT2D eigenvalue weighted by Crippen LogP contribution is 2.43. The second-order valence-corrected chi connectivity index (χ2v) is 10.9. The maximum atomic E-state index is 13.4. The van der Waals surface area contributed by atoms with Crippen LogP contribution in [0.4, 0.5) is 9.52 Å². The number of aromatic nitrogens is 2. The Morgan fingerprint density at radius 1 is 1.07 bits per heavy atom. The molecule has 1 amide bonds. The van der Waals surface area contributed by atoms with Crippen LogP contribution in [0.15, 0.2) is 101 Å². The van der Waals surface area contributed by atoms with Gasteiger partial charge in [-0.3, -0.25) is 14.5 Å². The first-order valence-electron chi connectivity index (χ1n) is 12.4. The van der Waals surface area contributed by atoms with E-state index >= 15 is 0 Å². The van der Waals surface area contributed by atoms with Gasteiger partial charge in [-0.2, -0.15) is 0 Å². The number of aliphatic hydroxyl groups is 1. The van der Waals surface area contributed by atoms with Crippen molar-refractivity contribution < 1.29 is 23.8 Å². The van der Waals surface area contributed by atoms with Crippen LogP contribution in [0.25, 0.3) is 6.08 Å². The summed E-state index contributed by atoms with van der Waals surface area (Å²) in [7, 11) is 0. The van der Waals surface area contributed by atoms with E-state index in [2.05, 4.69) is 10.2 Å². The van der Waals surface area contributed by atoms with Crippen LogP contribution in [-0.2, 0) is 15.3 Å². The molecule has 1 aliphatic rings. The number of ketones is 1. The Morgan fingerprint density at radius 3 is 2.50 bits per heavy atom. The van der Waals surface area contributed by atoms with Crippen molar-refractivity contribution in [1.29, 1.82) is 0 Å². The SMILES string of the molecule is CCOc1ccc(C2C(C(=O)C=Cc3ccccc3)=C(O)C(=O)N2c2nnc(SCc3ccc(F)cc3)s2)cc1. The van der Waals surface area contributed by atoms with E-state index in [4.69, 9.17) is 4.74 Å². The van der Waals surface area contributed by atoms with E-state index in [0.29, 0.717) is 28.0 Å². The molecule has 202 valence electrons. The molecule has 7 nitrogen and oxygen atoms in total. The summed E-state index contributed by atoms with van der Waals surface area (Å²) in [5.41, 5.74) is 2.27. The van der Waals surface area contributed by atoms with Crippen molar-refractivity contribution in [1.82, 2.24) is 10.2 Å². The zero-order valence-electron chi connectivity index (χ0n) is 21.4. The Morgan fingerprint density at radius 2 is 1.80 bits per heavy atom. The molecule has 1 aliphatic heterocycles. The Kier molecular flexibility index (Phi) is 8.37. The number of anilines is 1. The van der Waals surface area contributed by atoms with Crippen molar-refractivity contribution in [3.8, 4) is 5.75 Å². The monoisotopic (exact) mass is 573 g/mol. The van der Waals surface area contributed by atoms with E-state index in [1.54, 1.807) is 42.5 Å². The average molecular weight is 574 g/mol. The predicted octanol–water partition coefficient (Wildman–Crippen LogP) is 6.55. The fourth-order valence-corrected chi connectivity index (χ4v) is 6.02. The van der Waals surface area contributed by atoms with Crippen LogP contribution < -0.4 is 9.64 Å². The third-order valence-electron chi connectivity index (χ3n) is 6.08. The van der Waals surface area contributed by atoms with Gasteiger partial charge in [-0.1, -0.05) is 83.8 Å². The quantitative estimate of drug-likeness (QED) is 0.131. The molecule has 0 radical (unpaired) electrons. The van der Waals surface area contributed by atoms with Crippen LogP contribution >= 0.6 is 23.1 Å². The smallest absolute Gasteiger partial charge is 0.296 e. The van der Waals surface area contributed by atoms with Crippen molar-refractivity contribution in [3.63, 3.8) is 0 Å². The molecule has 10 heteroatoms. The summed E-state index contributed by atoms with van der Waals surface area (Å²) in [4.78, 5) is 28.1. The fraction of sp³-hybridized carbons (Fsp3) is 0.133. The molecule has 0 saturated carbocycles. The van der Waals surface area contributed by atoms with Gasteiger partial charge in [0.25, 0.3) is 5.91 Å². The van der Waals surface area contributed by atoms with Gasteiger partial charge in [0.2, 0.25) is 5.13 Å². The molecule has 3 aromatic carbocycles. The average Bonchev–Trinajstić information content (AvgIpc) is 3.54. The van der Waals surface area contributed by atoms with Gasteiger partial charge in [0.05, 0.1) is 18.2 Å². The van der Waals surface area contributed by atoms with Crippen molar-refractivity contribution >= 4 is 46.0 Å². The van der Waals surface area contributed by atoms with Gasteiger partial charge >= 0.3 is 0 Å². The zero-order valence-corrected chi connectivity index (χ0v) is 23.0. The molecular weight excluding hydrogens is 549 g/mol. The Balaban J connectivity index is 1.45. The number of nitrogens with zero attached hydrogens (tertiary/aromatic N) is 3. The number of benzene rings is 3. The molecule has 0 spiro atoms. The highest BCUT2D eigenvalue weighted by atomic mass is 32.2. The molecule has 0 bridgehead atoms. The Hall–Kier alpha value is -4.28. The number of halogens is 1. The molecular formula is C30H24FN3O4S2. The molecule has 2 heterocycles. The lowest BCUT2D eigenvalue weighted by Gasteiger charge is -2.24. The lowest BCUT2D eigenvalue weighted by Crippen LogP contribution is -2.30. The number of aliphatic hydroxyl groups excluding tert-OH is 1. The minimum absolute atomic E-state index is 0.0444. The number of ether oxygens (including phenoxy) is 1. The first-order chi connectivity index (χ1) is 19.4. The molecule has 4 aromatic rings. The van der Waals surface area contributed by atoms with Crippen LogP contribution in [0.3, 0.4) is 0 Å². The predicted molar refractivity (Wildman–Crippen MR) is 154 cm³/mol. The van der Waals surface area contributed by atoms with E-state index < -0.39 is 23.5 Å². The number of allylic oxidation sites excluding steroid dienone is 1. The van der Waals surface area contributed by atoms with E-state index in [9.17, 15) is 19.1 Å². The molecule has 1 N–H and O–H groups in total. The number of hydrogen-bond donors (Lipinski definition) is 1. The number of carbonyl (C=O) groups is 2. The summed E-state index contributed by atoms with van der Waals surface area (Å²) >= 11 is 2.56. The van der Waals surface area contributed by atoms with Crippen molar-refractivity contribution in [2.24, 2.45) is 0 Å². The summed E-state index contributed by atoms with van der Waals surface area (Å²) in [6, 6.07) is 21.6. The van der Waals surface area contributed by atoms with Crippen molar-refractivity contribution in [3.05, 3.63) is 119 Å². The first kappa shape index (κ1) is 27.3. The van der Waals surface area contributed by atoms with Gasteiger partial charge < -0.3 is 9.84 Å². The summed E-state index contributed by atoms with van der Waals surface area (Å²) in [5, 5.41) is 19.6. The first-order valence-corrected chi connectivity index (χ1v) is 14.2. The van der Waals surface area contributed by atoms with Crippen LogP contribution in [0, 0.1) is 5.82 Å². The van der Waals surface area contributed by atoms with E-state index in [1.807, 2.05) is 37.3 Å².